The van der Waals surface area contributed by atoms with Crippen molar-refractivity contribution in [2.45, 2.75) is 60.5 Å². The summed E-state index contributed by atoms with van der Waals surface area (Å²) in [5.41, 5.74) is 1.10. The molecule has 146 valence electrons. The van der Waals surface area contributed by atoms with E-state index in [2.05, 4.69) is 10.1 Å². The lowest BCUT2D eigenvalue weighted by Gasteiger charge is -2.07. The van der Waals surface area contributed by atoms with Crippen molar-refractivity contribution in [1.29, 1.82) is 0 Å². The minimum Gasteiger partial charge on any atom is -0.460 e. The predicted octanol–water partition coefficient (Wildman–Crippen LogP) is 5.01. The van der Waals surface area contributed by atoms with Crippen LogP contribution in [0.3, 0.4) is 0 Å². The second-order valence-corrected chi connectivity index (χ2v) is 4.99. The number of rotatable bonds is 8. The Balaban J connectivity index is 0.00000146. The van der Waals surface area contributed by atoms with Gasteiger partial charge < -0.3 is 14.0 Å². The molecule has 0 aliphatic carbocycles. The first-order valence-corrected chi connectivity index (χ1v) is 9.33. The predicted molar refractivity (Wildman–Crippen MR) is 102 cm³/mol. The lowest BCUT2D eigenvalue weighted by atomic mass is 10.2. The van der Waals surface area contributed by atoms with Crippen molar-refractivity contribution in [2.75, 3.05) is 13.2 Å². The zero-order valence-electron chi connectivity index (χ0n) is 16.8. The van der Waals surface area contributed by atoms with Crippen LogP contribution >= 0.6 is 0 Å². The Bertz CT molecular complexity index is 585. The van der Waals surface area contributed by atoms with Crippen LogP contribution in [0.2, 0.25) is 0 Å². The van der Waals surface area contributed by atoms with E-state index in [1.165, 1.54) is 0 Å². The third kappa shape index (κ3) is 8.76. The highest BCUT2D eigenvalue weighted by molar-refractivity contribution is 5.84. The number of benzene rings is 1. The standard InChI is InChI=1S/C16H20N2O4.2C2H6/c1-3-9-21-16(19)14-17-15(22-18-14)12(2)10-20-11-13-7-5-4-6-8-13;2*1-2/h4-8,12H,3,9-11H2,1-2H3;2*1-2H3/t12-;;/m1../s1. The molecule has 0 saturated heterocycles. The first kappa shape index (κ1) is 23.8. The van der Waals surface area contributed by atoms with E-state index < -0.39 is 5.97 Å². The minimum absolute atomic E-state index is 0.0432. The third-order valence-corrected chi connectivity index (χ3v) is 2.96. The minimum atomic E-state index is -0.561. The lowest BCUT2D eigenvalue weighted by molar-refractivity contribution is 0.0487. The highest BCUT2D eigenvalue weighted by Gasteiger charge is 2.19. The van der Waals surface area contributed by atoms with Crippen LogP contribution in [0.5, 0.6) is 0 Å². The van der Waals surface area contributed by atoms with Gasteiger partial charge in [0.2, 0.25) is 5.89 Å². The van der Waals surface area contributed by atoms with Crippen LogP contribution in [0, 0.1) is 0 Å². The monoisotopic (exact) mass is 364 g/mol. The first-order valence-electron chi connectivity index (χ1n) is 9.33. The maximum atomic E-state index is 11.6. The summed E-state index contributed by atoms with van der Waals surface area (Å²) in [5.74, 6) is -0.326. The molecule has 1 atom stereocenters. The molecule has 0 spiro atoms. The Hall–Kier alpha value is -2.21. The van der Waals surface area contributed by atoms with Crippen LogP contribution in [-0.2, 0) is 16.1 Å². The number of carbonyl (C=O) groups is 1. The average molecular weight is 364 g/mol. The van der Waals surface area contributed by atoms with Crippen molar-refractivity contribution < 1.29 is 18.8 Å². The number of hydrogen-bond donors (Lipinski definition) is 0. The topological polar surface area (TPSA) is 74.5 Å². The Kier molecular flexibility index (Phi) is 13.8. The number of nitrogens with zero attached hydrogens (tertiary/aromatic N) is 2. The van der Waals surface area contributed by atoms with E-state index in [-0.39, 0.29) is 11.7 Å². The molecule has 0 saturated carbocycles. The molecule has 0 radical (unpaired) electrons. The SMILES string of the molecule is CC.CC.CCCOC(=O)c1noc([C@H](C)COCc2ccccc2)n1. The Morgan fingerprint density at radius 1 is 1.15 bits per heavy atom. The number of hydrogen-bond acceptors (Lipinski definition) is 6. The van der Waals surface area contributed by atoms with Crippen LogP contribution < -0.4 is 0 Å². The molecule has 0 fully saturated rings. The second-order valence-electron chi connectivity index (χ2n) is 4.99. The Labute approximate surface area is 156 Å². The van der Waals surface area contributed by atoms with E-state index in [0.717, 1.165) is 12.0 Å². The fraction of sp³-hybridized carbons (Fsp3) is 0.550. The molecule has 2 aromatic rings. The van der Waals surface area contributed by atoms with Crippen molar-refractivity contribution in [2.24, 2.45) is 0 Å². The number of ether oxygens (including phenoxy) is 2. The average Bonchev–Trinajstić information content (AvgIpc) is 3.20. The largest absolute Gasteiger partial charge is 0.460 e. The molecular formula is C20H32N2O4. The normalized spacial score (nSPS) is 10.7. The molecule has 6 heteroatoms. The quantitative estimate of drug-likeness (QED) is 0.613. The fourth-order valence-electron chi connectivity index (χ4n) is 1.78. The van der Waals surface area contributed by atoms with E-state index in [1.807, 2.05) is 71.9 Å². The Morgan fingerprint density at radius 3 is 2.42 bits per heavy atom. The number of esters is 1. The molecular weight excluding hydrogens is 332 g/mol. The highest BCUT2D eigenvalue weighted by atomic mass is 16.5. The van der Waals surface area contributed by atoms with Gasteiger partial charge in [-0.05, 0) is 17.1 Å². The summed E-state index contributed by atoms with van der Waals surface area (Å²) in [5, 5.41) is 3.64. The maximum absolute atomic E-state index is 11.6. The van der Waals surface area contributed by atoms with E-state index in [0.29, 0.717) is 25.7 Å². The molecule has 2 rings (SSSR count). The summed E-state index contributed by atoms with van der Waals surface area (Å²) in [6.45, 7) is 13.1. The van der Waals surface area contributed by atoms with Crippen LogP contribution in [0.15, 0.2) is 34.9 Å². The van der Waals surface area contributed by atoms with Gasteiger partial charge in [0, 0.05) is 0 Å². The van der Waals surface area contributed by atoms with Crippen molar-refractivity contribution in [3.8, 4) is 0 Å². The van der Waals surface area contributed by atoms with E-state index in [1.54, 1.807) is 0 Å². The molecule has 26 heavy (non-hydrogen) atoms. The molecule has 1 aromatic heterocycles. The van der Waals surface area contributed by atoms with Gasteiger partial charge in [-0.15, -0.1) is 0 Å². The number of carbonyl (C=O) groups excluding carboxylic acids is 1. The van der Waals surface area contributed by atoms with Gasteiger partial charge in [0.15, 0.2) is 0 Å². The van der Waals surface area contributed by atoms with Gasteiger partial charge in [0.25, 0.3) is 5.82 Å². The van der Waals surface area contributed by atoms with Gasteiger partial charge in [0.05, 0.1) is 25.7 Å². The molecule has 0 amide bonds. The Morgan fingerprint density at radius 2 is 1.81 bits per heavy atom. The molecule has 6 nitrogen and oxygen atoms in total. The molecule has 1 aromatic carbocycles. The summed E-state index contributed by atoms with van der Waals surface area (Å²) in [7, 11) is 0. The van der Waals surface area contributed by atoms with Crippen molar-refractivity contribution in [3.63, 3.8) is 0 Å². The fourth-order valence-corrected chi connectivity index (χ4v) is 1.78. The van der Waals surface area contributed by atoms with Crippen LogP contribution in [0.25, 0.3) is 0 Å². The smallest absolute Gasteiger partial charge is 0.379 e. The van der Waals surface area contributed by atoms with Crippen LogP contribution in [0.1, 0.15) is 76.0 Å². The lowest BCUT2D eigenvalue weighted by Crippen LogP contribution is -2.09. The van der Waals surface area contributed by atoms with Gasteiger partial charge in [-0.2, -0.15) is 4.98 Å². The van der Waals surface area contributed by atoms with Gasteiger partial charge >= 0.3 is 5.97 Å². The molecule has 0 aliphatic rings. The second kappa shape index (κ2) is 15.1. The third-order valence-electron chi connectivity index (χ3n) is 2.96. The van der Waals surface area contributed by atoms with Crippen LogP contribution in [-0.4, -0.2) is 29.3 Å². The summed E-state index contributed by atoms with van der Waals surface area (Å²) >= 11 is 0. The highest BCUT2D eigenvalue weighted by Crippen LogP contribution is 2.14. The van der Waals surface area contributed by atoms with Crippen molar-refractivity contribution in [1.82, 2.24) is 10.1 Å². The zero-order chi connectivity index (χ0) is 19.8. The van der Waals surface area contributed by atoms with Gasteiger partial charge in [-0.1, -0.05) is 71.9 Å². The van der Waals surface area contributed by atoms with Gasteiger partial charge in [0.1, 0.15) is 0 Å². The van der Waals surface area contributed by atoms with E-state index >= 15 is 0 Å². The molecule has 0 bridgehead atoms. The van der Waals surface area contributed by atoms with Crippen LogP contribution in [0.4, 0.5) is 0 Å². The zero-order valence-corrected chi connectivity index (χ0v) is 16.8. The summed E-state index contributed by atoms with van der Waals surface area (Å²) in [6, 6.07) is 9.89. The molecule has 0 N–H and O–H groups in total. The molecule has 0 unspecified atom stereocenters. The maximum Gasteiger partial charge on any atom is 0.379 e. The summed E-state index contributed by atoms with van der Waals surface area (Å²) < 4.78 is 15.7. The molecule has 0 aliphatic heterocycles. The molecule has 1 heterocycles. The van der Waals surface area contributed by atoms with E-state index in [9.17, 15) is 4.79 Å². The summed E-state index contributed by atoms with van der Waals surface area (Å²) in [4.78, 5) is 15.7. The summed E-state index contributed by atoms with van der Waals surface area (Å²) in [6.07, 6.45) is 0.750. The van der Waals surface area contributed by atoms with Crippen molar-refractivity contribution >= 4 is 5.97 Å². The first-order chi connectivity index (χ1) is 12.7. The van der Waals surface area contributed by atoms with Gasteiger partial charge in [-0.25, -0.2) is 4.79 Å². The number of aromatic nitrogens is 2. The van der Waals surface area contributed by atoms with E-state index in [4.69, 9.17) is 14.0 Å². The van der Waals surface area contributed by atoms with Crippen molar-refractivity contribution in [3.05, 3.63) is 47.6 Å². The van der Waals surface area contributed by atoms with Gasteiger partial charge in [-0.3, -0.25) is 0 Å².